The SMILES string of the molecule is C=ICN1CC(=O)N2[C@@H](CC3CCC(O)CC3)C(=O)N(Cc3cccc4occc34)C[C@@H]2N1C(=O)NCc1ccccc1. The number of rotatable bonds is 8. The highest BCUT2D eigenvalue weighted by molar-refractivity contribution is 14.2. The number of amides is 4. The molecule has 2 aromatic carbocycles. The highest BCUT2D eigenvalue weighted by Gasteiger charge is 2.51. The highest BCUT2D eigenvalue weighted by Crippen LogP contribution is 2.35. The van der Waals surface area contributed by atoms with E-state index in [1.807, 2.05) is 59.6 Å². The van der Waals surface area contributed by atoms with Gasteiger partial charge in [-0.15, -0.1) is 20.7 Å². The van der Waals surface area contributed by atoms with E-state index in [0.717, 1.165) is 34.9 Å². The molecule has 0 radical (unpaired) electrons. The number of benzene rings is 2. The number of fused-ring (bicyclic) bond motifs is 2. The van der Waals surface area contributed by atoms with Gasteiger partial charge in [0.05, 0.1) is 30.0 Å². The van der Waals surface area contributed by atoms with Crippen LogP contribution in [-0.4, -0.2) is 83.2 Å². The molecule has 11 heteroatoms. The van der Waals surface area contributed by atoms with Crippen LogP contribution in [0.3, 0.4) is 0 Å². The van der Waals surface area contributed by atoms with Gasteiger partial charge in [-0.05, 0) is 61.3 Å². The maximum atomic E-state index is 14.3. The first kappa shape index (κ1) is 29.8. The summed E-state index contributed by atoms with van der Waals surface area (Å²) in [4.78, 5) is 45.5. The van der Waals surface area contributed by atoms with Crippen molar-refractivity contribution in [1.29, 1.82) is 0 Å². The van der Waals surface area contributed by atoms with Crippen LogP contribution in [0, 0.1) is 5.92 Å². The molecular formula is C32H38IN5O5. The number of aliphatic hydroxyl groups is 1. The van der Waals surface area contributed by atoms with Crippen molar-refractivity contribution in [2.75, 3.05) is 17.6 Å². The van der Waals surface area contributed by atoms with E-state index in [0.29, 0.717) is 36.9 Å². The summed E-state index contributed by atoms with van der Waals surface area (Å²) in [6, 6.07) is 16.4. The second kappa shape index (κ2) is 13.1. The molecule has 0 unspecified atom stereocenters. The molecule has 1 aromatic heterocycles. The first-order chi connectivity index (χ1) is 20.9. The molecule has 2 aliphatic heterocycles. The molecule has 3 fully saturated rings. The van der Waals surface area contributed by atoms with Crippen molar-refractivity contribution in [2.24, 2.45) is 5.92 Å². The molecular weight excluding hydrogens is 661 g/mol. The van der Waals surface area contributed by atoms with Crippen LogP contribution < -0.4 is 5.32 Å². The van der Waals surface area contributed by atoms with Gasteiger partial charge < -0.3 is 24.6 Å². The fourth-order valence-corrected chi connectivity index (χ4v) is 7.85. The number of hydrazine groups is 1. The topological polar surface area (TPSA) is 110 Å². The van der Waals surface area contributed by atoms with Gasteiger partial charge in [0.15, 0.2) is 0 Å². The van der Waals surface area contributed by atoms with E-state index in [9.17, 15) is 19.5 Å². The third-order valence-corrected chi connectivity index (χ3v) is 10.1. The van der Waals surface area contributed by atoms with Gasteiger partial charge in [0, 0.05) is 18.5 Å². The van der Waals surface area contributed by atoms with Gasteiger partial charge in [-0.25, -0.2) is 9.80 Å². The largest absolute Gasteiger partial charge is 0.464 e. The van der Waals surface area contributed by atoms with Gasteiger partial charge in [-0.1, -0.05) is 47.0 Å². The van der Waals surface area contributed by atoms with Crippen LogP contribution in [0.25, 0.3) is 11.0 Å². The first-order valence-corrected chi connectivity index (χ1v) is 17.9. The number of hydrogen-bond acceptors (Lipinski definition) is 6. The van der Waals surface area contributed by atoms with Gasteiger partial charge in [0.25, 0.3) is 0 Å². The minimum atomic E-state index is -0.684. The van der Waals surface area contributed by atoms with Crippen LogP contribution in [0.15, 0.2) is 65.3 Å². The van der Waals surface area contributed by atoms with Gasteiger partial charge in [-0.3, -0.25) is 9.59 Å². The molecule has 43 heavy (non-hydrogen) atoms. The maximum absolute atomic E-state index is 14.3. The van der Waals surface area contributed by atoms with E-state index >= 15 is 0 Å². The minimum Gasteiger partial charge on any atom is -0.464 e. The number of nitrogens with zero attached hydrogens (tertiary/aromatic N) is 4. The Morgan fingerprint density at radius 3 is 2.60 bits per heavy atom. The maximum Gasteiger partial charge on any atom is 0.334 e. The average molecular weight is 700 g/mol. The van der Waals surface area contributed by atoms with Crippen molar-refractivity contribution in [3.05, 3.63) is 72.0 Å². The summed E-state index contributed by atoms with van der Waals surface area (Å²) in [7, 11) is 0. The van der Waals surface area contributed by atoms with E-state index in [2.05, 4.69) is 9.83 Å². The Labute approximate surface area is 261 Å². The lowest BCUT2D eigenvalue weighted by Crippen LogP contribution is -2.76. The Kier molecular flexibility index (Phi) is 9.10. The number of carbonyl (C=O) groups excluding carboxylic acids is 3. The Balaban J connectivity index is 1.33. The lowest BCUT2D eigenvalue weighted by molar-refractivity contribution is -0.189. The van der Waals surface area contributed by atoms with Crippen molar-refractivity contribution < 1.29 is 23.9 Å². The molecule has 0 bridgehead atoms. The summed E-state index contributed by atoms with van der Waals surface area (Å²) >= 11 is -0.507. The average Bonchev–Trinajstić information content (AvgIpc) is 3.50. The normalized spacial score (nSPS) is 24.8. The van der Waals surface area contributed by atoms with Crippen LogP contribution >= 0.6 is 20.7 Å². The summed E-state index contributed by atoms with van der Waals surface area (Å²) in [5.41, 5.74) is 2.68. The third-order valence-electron chi connectivity index (χ3n) is 8.87. The van der Waals surface area contributed by atoms with Gasteiger partial charge in [0.1, 0.15) is 17.8 Å². The monoisotopic (exact) mass is 699 g/mol. The Bertz CT molecular complexity index is 1470. The zero-order valence-corrected chi connectivity index (χ0v) is 26.3. The third kappa shape index (κ3) is 6.34. The number of hydrogen-bond donors (Lipinski definition) is 2. The Morgan fingerprint density at radius 1 is 1.05 bits per heavy atom. The number of alkyl halides is 1. The van der Waals surface area contributed by atoms with E-state index in [4.69, 9.17) is 4.42 Å². The van der Waals surface area contributed by atoms with Crippen LogP contribution in [0.2, 0.25) is 0 Å². The van der Waals surface area contributed by atoms with E-state index in [1.165, 1.54) is 0 Å². The van der Waals surface area contributed by atoms with Gasteiger partial charge in [-0.2, -0.15) is 5.01 Å². The van der Waals surface area contributed by atoms with Crippen LogP contribution in [0.4, 0.5) is 4.79 Å². The summed E-state index contributed by atoms with van der Waals surface area (Å²) in [5.74, 6) is -0.0219. The molecule has 3 aromatic rings. The first-order valence-electron chi connectivity index (χ1n) is 14.8. The summed E-state index contributed by atoms with van der Waals surface area (Å²) in [5, 5.41) is 17.6. The molecule has 2 atom stereocenters. The molecule has 10 nitrogen and oxygen atoms in total. The fraction of sp³-hybridized carbons (Fsp3) is 0.438. The van der Waals surface area contributed by atoms with Crippen molar-refractivity contribution in [3.63, 3.8) is 0 Å². The number of carbonyl (C=O) groups is 3. The lowest BCUT2D eigenvalue weighted by atomic mass is 9.82. The summed E-state index contributed by atoms with van der Waals surface area (Å²) in [6.45, 7) is 0.925. The molecule has 4 amide bonds. The molecule has 1 aliphatic carbocycles. The summed E-state index contributed by atoms with van der Waals surface area (Å²) < 4.78 is 10.2. The molecule has 3 aliphatic rings. The van der Waals surface area contributed by atoms with E-state index in [-0.39, 0.29) is 43.0 Å². The van der Waals surface area contributed by atoms with Gasteiger partial charge >= 0.3 is 6.03 Å². The molecule has 228 valence electrons. The van der Waals surface area contributed by atoms with E-state index < -0.39 is 32.9 Å². The Hall–Kier alpha value is -3.29. The second-order valence-electron chi connectivity index (χ2n) is 11.6. The molecule has 3 heterocycles. The number of halogens is 1. The molecule has 6 rings (SSSR count). The van der Waals surface area contributed by atoms with E-state index in [1.54, 1.807) is 21.1 Å². The zero-order valence-electron chi connectivity index (χ0n) is 24.1. The molecule has 2 N–H and O–H groups in total. The Morgan fingerprint density at radius 2 is 1.84 bits per heavy atom. The number of aliphatic hydroxyl groups excluding tert-OH is 1. The number of piperazine rings is 1. The molecule has 2 saturated heterocycles. The van der Waals surface area contributed by atoms with Crippen LogP contribution in [-0.2, 0) is 22.7 Å². The van der Waals surface area contributed by atoms with Crippen LogP contribution in [0.1, 0.15) is 43.2 Å². The van der Waals surface area contributed by atoms with Crippen molar-refractivity contribution >= 4 is 54.1 Å². The smallest absolute Gasteiger partial charge is 0.334 e. The number of furan rings is 1. The van der Waals surface area contributed by atoms with Gasteiger partial charge in [0.2, 0.25) is 11.8 Å². The molecule has 0 spiro atoms. The predicted octanol–water partition coefficient (Wildman–Crippen LogP) is 4.04. The van der Waals surface area contributed by atoms with Crippen molar-refractivity contribution in [1.82, 2.24) is 25.1 Å². The number of nitrogens with one attached hydrogen (secondary N) is 1. The molecule has 1 saturated carbocycles. The minimum absolute atomic E-state index is 0.0337. The predicted molar refractivity (Wildman–Crippen MR) is 172 cm³/mol. The van der Waals surface area contributed by atoms with Crippen molar-refractivity contribution in [2.45, 2.75) is 63.5 Å². The summed E-state index contributed by atoms with van der Waals surface area (Å²) in [6.07, 6.45) is 4.23. The standard InChI is InChI=1S/C32H38IN5O5/c1-33-21-36-20-30(40)37-27(16-22-10-12-25(39)13-11-22)31(41)35(18-24-8-5-9-28-26(24)14-15-43-28)19-29(37)38(36)32(42)34-17-23-6-3-2-4-7-23/h2-9,14-15,22,25,27,29,39H,1,10-13,16-21H2,(H,34,42)/t22?,25?,27-,29-/m0/s1. The highest BCUT2D eigenvalue weighted by atomic mass is 127. The quantitative estimate of drug-likeness (QED) is 0.209. The van der Waals surface area contributed by atoms with Crippen LogP contribution in [0.5, 0.6) is 0 Å². The van der Waals surface area contributed by atoms with Crippen molar-refractivity contribution in [3.8, 4) is 0 Å². The fourth-order valence-electron chi connectivity index (χ4n) is 6.72. The lowest BCUT2D eigenvalue weighted by Gasteiger charge is -2.55. The second-order valence-corrected chi connectivity index (χ2v) is 13.4. The number of urea groups is 1. The zero-order chi connectivity index (χ0) is 29.9.